The number of amides is 3. The van der Waals surface area contributed by atoms with E-state index < -0.39 is 22.0 Å². The maximum atomic E-state index is 13.3. The number of nitrogens with zero attached hydrogens (tertiary/aromatic N) is 2. The van der Waals surface area contributed by atoms with Crippen LogP contribution >= 0.6 is 0 Å². The highest BCUT2D eigenvalue weighted by Crippen LogP contribution is 2.30. The fourth-order valence-corrected chi connectivity index (χ4v) is 5.78. The first-order valence-electron chi connectivity index (χ1n) is 12.1. The Labute approximate surface area is 207 Å². The quantitative estimate of drug-likeness (QED) is 0.451. The number of carbonyl (C=O) groups is 3. The van der Waals surface area contributed by atoms with Crippen molar-refractivity contribution >= 4 is 27.7 Å². The van der Waals surface area contributed by atoms with Crippen molar-refractivity contribution in [3.05, 3.63) is 65.7 Å². The van der Waals surface area contributed by atoms with Gasteiger partial charge in [0.1, 0.15) is 10.9 Å². The third kappa shape index (κ3) is 6.08. The summed E-state index contributed by atoms with van der Waals surface area (Å²) in [6.45, 7) is 4.63. The fraction of sp³-hybridized carbons (Fsp3) is 0.423. The Hall–Kier alpha value is -3.20. The van der Waals surface area contributed by atoms with Gasteiger partial charge in [-0.25, -0.2) is 12.7 Å². The molecule has 9 heteroatoms. The lowest BCUT2D eigenvalue weighted by Crippen LogP contribution is -2.49. The molecular weight excluding hydrogens is 466 g/mol. The van der Waals surface area contributed by atoms with E-state index in [1.54, 1.807) is 17.0 Å². The minimum Gasteiger partial charge on any atom is -0.354 e. The normalized spacial score (nSPS) is 14.9. The van der Waals surface area contributed by atoms with Gasteiger partial charge in [0.25, 0.3) is 15.9 Å². The van der Waals surface area contributed by atoms with E-state index in [0.29, 0.717) is 13.0 Å². The van der Waals surface area contributed by atoms with Gasteiger partial charge in [0, 0.05) is 26.1 Å². The van der Waals surface area contributed by atoms with E-state index in [2.05, 4.69) is 5.32 Å². The van der Waals surface area contributed by atoms with Gasteiger partial charge >= 0.3 is 0 Å². The van der Waals surface area contributed by atoms with E-state index in [9.17, 15) is 22.8 Å². The minimum atomic E-state index is -3.91. The van der Waals surface area contributed by atoms with Gasteiger partial charge in [0.15, 0.2) is 0 Å². The van der Waals surface area contributed by atoms with E-state index in [1.807, 2.05) is 44.2 Å². The molecule has 1 N–H and O–H groups in total. The molecule has 3 rings (SSSR count). The molecule has 0 saturated heterocycles. The topological polar surface area (TPSA) is 104 Å². The van der Waals surface area contributed by atoms with Gasteiger partial charge in [0.05, 0.1) is 5.56 Å². The molecule has 0 aliphatic carbocycles. The number of unbranched alkanes of at least 4 members (excludes halogenated alkanes) is 1. The highest BCUT2D eigenvalue weighted by Gasteiger charge is 2.40. The van der Waals surface area contributed by atoms with Crippen LogP contribution in [0.5, 0.6) is 0 Å². The summed E-state index contributed by atoms with van der Waals surface area (Å²) in [7, 11) is -3.91. The smallest absolute Gasteiger partial charge is 0.269 e. The van der Waals surface area contributed by atoms with Crippen molar-refractivity contribution in [1.29, 1.82) is 0 Å². The molecule has 0 radical (unpaired) electrons. The summed E-state index contributed by atoms with van der Waals surface area (Å²) in [5.74, 6) is -1.03. The number of sulfonamides is 1. The van der Waals surface area contributed by atoms with E-state index in [4.69, 9.17) is 0 Å². The van der Waals surface area contributed by atoms with Crippen molar-refractivity contribution in [2.24, 2.45) is 0 Å². The maximum Gasteiger partial charge on any atom is 0.269 e. The van der Waals surface area contributed by atoms with Crippen LogP contribution < -0.4 is 5.32 Å². The van der Waals surface area contributed by atoms with Crippen molar-refractivity contribution in [3.8, 4) is 0 Å². The summed E-state index contributed by atoms with van der Waals surface area (Å²) in [5, 5.41) is 2.92. The first-order valence-corrected chi connectivity index (χ1v) is 13.5. The fourth-order valence-electron chi connectivity index (χ4n) is 4.18. The predicted molar refractivity (Wildman–Crippen MR) is 133 cm³/mol. The summed E-state index contributed by atoms with van der Waals surface area (Å²) in [4.78, 5) is 40.4. The Morgan fingerprint density at radius 2 is 1.69 bits per heavy atom. The SMILES string of the molecule is CCCCNC(=O)[C@@H](CC)N(Cc1ccccc1)C(=O)CCCN1C(=O)c2ccccc2S1(=O)=O. The summed E-state index contributed by atoms with van der Waals surface area (Å²) >= 11 is 0. The zero-order chi connectivity index (χ0) is 25.4. The number of hydrogen-bond acceptors (Lipinski definition) is 5. The van der Waals surface area contributed by atoms with E-state index >= 15 is 0 Å². The zero-order valence-corrected chi connectivity index (χ0v) is 21.1. The van der Waals surface area contributed by atoms with Crippen molar-refractivity contribution in [2.75, 3.05) is 13.1 Å². The van der Waals surface area contributed by atoms with Crippen LogP contribution in [0.4, 0.5) is 0 Å². The lowest BCUT2D eigenvalue weighted by molar-refractivity contribution is -0.141. The van der Waals surface area contributed by atoms with E-state index in [0.717, 1.165) is 22.7 Å². The van der Waals surface area contributed by atoms with Gasteiger partial charge in [0.2, 0.25) is 11.8 Å². The Balaban J connectivity index is 1.70. The third-order valence-electron chi connectivity index (χ3n) is 6.08. The Morgan fingerprint density at radius 1 is 1.00 bits per heavy atom. The minimum absolute atomic E-state index is 0.00294. The van der Waals surface area contributed by atoms with Crippen LogP contribution in [-0.2, 0) is 26.2 Å². The van der Waals surface area contributed by atoms with Gasteiger partial charge in [-0.05, 0) is 37.0 Å². The number of hydrogen-bond donors (Lipinski definition) is 1. The van der Waals surface area contributed by atoms with Crippen molar-refractivity contribution in [3.63, 3.8) is 0 Å². The molecule has 0 bridgehead atoms. The molecule has 2 aromatic rings. The zero-order valence-electron chi connectivity index (χ0n) is 20.3. The average Bonchev–Trinajstić information content (AvgIpc) is 3.05. The van der Waals surface area contributed by atoms with Crippen molar-refractivity contribution < 1.29 is 22.8 Å². The molecular formula is C26H33N3O5S. The number of benzene rings is 2. The Morgan fingerprint density at radius 3 is 2.34 bits per heavy atom. The molecule has 1 atom stereocenters. The largest absolute Gasteiger partial charge is 0.354 e. The van der Waals surface area contributed by atoms with E-state index in [-0.39, 0.29) is 48.2 Å². The van der Waals surface area contributed by atoms with Crippen LogP contribution in [0.1, 0.15) is 61.9 Å². The molecule has 1 aliphatic rings. The molecule has 0 aromatic heterocycles. The summed E-state index contributed by atoms with van der Waals surface area (Å²) in [6, 6.07) is 14.9. The summed E-state index contributed by atoms with van der Waals surface area (Å²) in [5.41, 5.74) is 1.05. The Kier molecular flexibility index (Phi) is 9.03. The predicted octanol–water partition coefficient (Wildman–Crippen LogP) is 3.34. The van der Waals surface area contributed by atoms with Gasteiger partial charge in [-0.1, -0.05) is 62.7 Å². The van der Waals surface area contributed by atoms with Crippen molar-refractivity contribution in [2.45, 2.75) is 63.4 Å². The molecule has 2 aromatic carbocycles. The number of carbonyl (C=O) groups excluding carboxylic acids is 3. The second-order valence-electron chi connectivity index (χ2n) is 8.56. The average molecular weight is 500 g/mol. The number of rotatable bonds is 12. The number of fused-ring (bicyclic) bond motifs is 1. The molecule has 8 nitrogen and oxygen atoms in total. The monoisotopic (exact) mass is 499 g/mol. The molecule has 1 heterocycles. The molecule has 188 valence electrons. The first-order chi connectivity index (χ1) is 16.8. The molecule has 0 spiro atoms. The van der Waals surface area contributed by atoms with Crippen LogP contribution in [0.3, 0.4) is 0 Å². The lowest BCUT2D eigenvalue weighted by Gasteiger charge is -2.31. The molecule has 0 saturated carbocycles. The van der Waals surface area contributed by atoms with Crippen molar-refractivity contribution in [1.82, 2.24) is 14.5 Å². The van der Waals surface area contributed by atoms with Gasteiger partial charge in [-0.15, -0.1) is 0 Å². The highest BCUT2D eigenvalue weighted by molar-refractivity contribution is 7.90. The standard InChI is InChI=1S/C26H33N3O5S/c1-3-5-17-27-25(31)22(4-2)28(19-20-12-7-6-8-13-20)24(30)16-11-18-29-26(32)21-14-9-10-15-23(21)35(29,33)34/h6-10,12-15,22H,3-5,11,16-19H2,1-2H3,(H,27,31)/t22-/m1/s1. The molecule has 3 amide bonds. The lowest BCUT2D eigenvalue weighted by atomic mass is 10.1. The van der Waals surface area contributed by atoms with Crippen LogP contribution in [0.2, 0.25) is 0 Å². The molecule has 0 unspecified atom stereocenters. The molecule has 35 heavy (non-hydrogen) atoms. The third-order valence-corrected chi connectivity index (χ3v) is 7.92. The maximum absolute atomic E-state index is 13.3. The molecule has 1 aliphatic heterocycles. The first kappa shape index (κ1) is 26.4. The van der Waals surface area contributed by atoms with Crippen LogP contribution in [0.15, 0.2) is 59.5 Å². The molecule has 0 fully saturated rings. The number of nitrogens with one attached hydrogen (secondary N) is 1. The van der Waals surface area contributed by atoms with Crippen LogP contribution in [0, 0.1) is 0 Å². The van der Waals surface area contributed by atoms with Crippen LogP contribution in [0.25, 0.3) is 0 Å². The second kappa shape index (κ2) is 12.0. The summed E-state index contributed by atoms with van der Waals surface area (Å²) in [6.07, 6.45) is 2.43. The van der Waals surface area contributed by atoms with Gasteiger partial charge in [-0.2, -0.15) is 0 Å². The van der Waals surface area contributed by atoms with Crippen LogP contribution in [-0.4, -0.2) is 54.5 Å². The van der Waals surface area contributed by atoms with Gasteiger partial charge in [-0.3, -0.25) is 14.4 Å². The Bertz CT molecular complexity index is 1150. The summed E-state index contributed by atoms with van der Waals surface area (Å²) < 4.78 is 26.4. The van der Waals surface area contributed by atoms with Gasteiger partial charge < -0.3 is 10.2 Å². The highest BCUT2D eigenvalue weighted by atomic mass is 32.2. The van der Waals surface area contributed by atoms with E-state index in [1.165, 1.54) is 12.1 Å². The second-order valence-corrected chi connectivity index (χ2v) is 10.4.